The number of hydrogen-bond acceptors (Lipinski definition) is 0. The molecule has 10 rings (SSSR count). The van der Waals surface area contributed by atoms with Gasteiger partial charge in [-0.1, -0.05) is 79.2 Å². The first-order valence-corrected chi connectivity index (χ1v) is 22.4. The molecular formula is C49H80. The molecule has 0 aliphatic heterocycles. The second-order valence-electron chi connectivity index (χ2n) is 23.0. The van der Waals surface area contributed by atoms with E-state index < -0.39 is 0 Å². The van der Waals surface area contributed by atoms with Crippen molar-refractivity contribution in [2.45, 2.75) is 197 Å². The maximum Gasteiger partial charge on any atom is -0.00850 e. The van der Waals surface area contributed by atoms with E-state index in [0.717, 1.165) is 69.0 Å². The molecule has 0 N–H and O–H groups in total. The van der Waals surface area contributed by atoms with Gasteiger partial charge in [0.15, 0.2) is 0 Å². The van der Waals surface area contributed by atoms with Gasteiger partial charge in [0, 0.05) is 0 Å². The molecule has 0 radical (unpaired) electrons. The Balaban J connectivity index is 0.000000107. The molecule has 0 aromatic rings. The Morgan fingerprint density at radius 1 is 0.551 bits per heavy atom. The Labute approximate surface area is 305 Å². The first kappa shape index (κ1) is 35.5. The van der Waals surface area contributed by atoms with Gasteiger partial charge in [-0.25, -0.2) is 0 Å². The molecular weight excluding hydrogens is 589 g/mol. The first-order valence-electron chi connectivity index (χ1n) is 22.4. The van der Waals surface area contributed by atoms with Gasteiger partial charge in [0.25, 0.3) is 0 Å². The predicted molar refractivity (Wildman–Crippen MR) is 210 cm³/mol. The van der Waals surface area contributed by atoms with Crippen molar-refractivity contribution in [3.05, 3.63) is 23.8 Å². The first-order chi connectivity index (χ1) is 23.0. The highest BCUT2D eigenvalue weighted by atomic mass is 14.8. The van der Waals surface area contributed by atoms with E-state index in [0.29, 0.717) is 16.2 Å². The molecule has 276 valence electrons. The van der Waals surface area contributed by atoms with Crippen molar-refractivity contribution in [3.63, 3.8) is 0 Å². The van der Waals surface area contributed by atoms with Crippen molar-refractivity contribution < 1.29 is 0 Å². The fourth-order valence-electron chi connectivity index (χ4n) is 15.4. The van der Waals surface area contributed by atoms with Crippen molar-refractivity contribution in [3.8, 4) is 0 Å². The Hall–Kier alpha value is -0.520. The molecule has 0 aromatic heterocycles. The van der Waals surface area contributed by atoms with Gasteiger partial charge >= 0.3 is 0 Å². The van der Waals surface area contributed by atoms with Gasteiger partial charge in [-0.2, -0.15) is 0 Å². The molecule has 0 saturated heterocycles. The van der Waals surface area contributed by atoms with Crippen LogP contribution < -0.4 is 0 Å². The highest BCUT2D eigenvalue weighted by molar-refractivity contribution is 5.24. The van der Waals surface area contributed by atoms with E-state index in [1.54, 1.807) is 69.8 Å². The zero-order valence-corrected chi connectivity index (χ0v) is 34.3. The SMILES string of the molecule is C=C(C)C1CCC2=CCC[C@H](C)[C@@]2(C)C1.C[C@H]1CCC2CC23CCC(C2(C)CC2)C[C@]13C.C[C@H]1CC[C@H]2CC23CCC(C2(C)CC2)C[C@]13C. The minimum Gasteiger partial charge on any atom is -0.0999 e. The molecule has 6 unspecified atom stereocenters. The average molecular weight is 669 g/mol. The van der Waals surface area contributed by atoms with Crippen LogP contribution in [0.4, 0.5) is 0 Å². The molecule has 9 fully saturated rings. The minimum atomic E-state index is 0.486. The van der Waals surface area contributed by atoms with Crippen LogP contribution in [-0.2, 0) is 0 Å². The molecule has 0 nitrogen and oxygen atoms in total. The summed E-state index contributed by atoms with van der Waals surface area (Å²) in [7, 11) is 0. The highest BCUT2D eigenvalue weighted by Crippen LogP contribution is 2.80. The zero-order chi connectivity index (χ0) is 34.8. The normalized spacial score (nSPS) is 53.4. The van der Waals surface area contributed by atoms with Crippen LogP contribution in [0.25, 0.3) is 0 Å². The summed E-state index contributed by atoms with van der Waals surface area (Å²) in [6, 6.07) is 0. The van der Waals surface area contributed by atoms with Gasteiger partial charge in [-0.05, 0) is 227 Å². The topological polar surface area (TPSA) is 0 Å². The van der Waals surface area contributed by atoms with E-state index in [1.807, 2.05) is 0 Å². The second-order valence-corrected chi connectivity index (χ2v) is 23.0. The van der Waals surface area contributed by atoms with Gasteiger partial charge in [0.1, 0.15) is 0 Å². The number of hydrogen-bond donors (Lipinski definition) is 0. The maximum atomic E-state index is 4.15. The fourth-order valence-corrected chi connectivity index (χ4v) is 15.4. The second kappa shape index (κ2) is 11.7. The highest BCUT2D eigenvalue weighted by Gasteiger charge is 2.71. The lowest BCUT2D eigenvalue weighted by Crippen LogP contribution is -2.46. The average Bonchev–Trinajstić information content (AvgIpc) is 3.90. The van der Waals surface area contributed by atoms with E-state index in [4.69, 9.17) is 0 Å². The maximum absolute atomic E-state index is 4.15. The smallest absolute Gasteiger partial charge is 0.00850 e. The molecule has 0 amide bonds. The third kappa shape index (κ3) is 5.51. The van der Waals surface area contributed by atoms with Crippen molar-refractivity contribution in [2.24, 2.45) is 85.2 Å². The van der Waals surface area contributed by atoms with Crippen molar-refractivity contribution >= 4 is 0 Å². The Morgan fingerprint density at radius 3 is 1.49 bits per heavy atom. The third-order valence-corrected chi connectivity index (χ3v) is 21.0. The zero-order valence-electron chi connectivity index (χ0n) is 34.3. The van der Waals surface area contributed by atoms with E-state index in [-0.39, 0.29) is 0 Å². The minimum absolute atomic E-state index is 0.486. The van der Waals surface area contributed by atoms with Gasteiger partial charge in [0.2, 0.25) is 0 Å². The summed E-state index contributed by atoms with van der Waals surface area (Å²) in [6.45, 7) is 26.9. The lowest BCUT2D eigenvalue weighted by molar-refractivity contribution is -0.0461. The molecule has 0 bridgehead atoms. The summed E-state index contributed by atoms with van der Waals surface area (Å²) in [5.41, 5.74) is 8.25. The van der Waals surface area contributed by atoms with Crippen LogP contribution in [0, 0.1) is 85.2 Å². The monoisotopic (exact) mass is 669 g/mol. The molecule has 0 heteroatoms. The number of fused-ring (bicyclic) bond motifs is 1. The quantitative estimate of drug-likeness (QED) is 0.263. The molecule has 10 aliphatic rings. The van der Waals surface area contributed by atoms with E-state index in [2.05, 4.69) is 75.0 Å². The summed E-state index contributed by atoms with van der Waals surface area (Å²) >= 11 is 0. The number of allylic oxidation sites excluding steroid dienone is 3. The third-order valence-electron chi connectivity index (χ3n) is 21.0. The summed E-state index contributed by atoms with van der Waals surface area (Å²) in [5, 5.41) is 0. The lowest BCUT2D eigenvalue weighted by atomic mass is 9.51. The van der Waals surface area contributed by atoms with Crippen LogP contribution in [0.3, 0.4) is 0 Å². The van der Waals surface area contributed by atoms with Crippen molar-refractivity contribution in [1.29, 1.82) is 0 Å². The van der Waals surface area contributed by atoms with Crippen LogP contribution in [0.5, 0.6) is 0 Å². The van der Waals surface area contributed by atoms with Crippen LogP contribution >= 0.6 is 0 Å². The van der Waals surface area contributed by atoms with Gasteiger partial charge in [-0.3, -0.25) is 0 Å². The Morgan fingerprint density at radius 2 is 1.04 bits per heavy atom. The fraction of sp³-hybridized carbons (Fsp3) is 0.918. The number of rotatable bonds is 3. The molecule has 49 heavy (non-hydrogen) atoms. The van der Waals surface area contributed by atoms with Gasteiger partial charge in [0.05, 0.1) is 0 Å². The lowest BCUT2D eigenvalue weighted by Gasteiger charge is -2.54. The molecule has 13 atom stereocenters. The van der Waals surface area contributed by atoms with Crippen LogP contribution in [0.1, 0.15) is 197 Å². The summed E-state index contributed by atoms with van der Waals surface area (Å²) in [4.78, 5) is 0. The summed E-state index contributed by atoms with van der Waals surface area (Å²) in [5.74, 6) is 8.03. The van der Waals surface area contributed by atoms with E-state index >= 15 is 0 Å². The largest absolute Gasteiger partial charge is 0.0999 e. The molecule has 0 heterocycles. The van der Waals surface area contributed by atoms with Crippen LogP contribution in [0.2, 0.25) is 0 Å². The standard InChI is InChI=1S/2C17H28.C15H24/c2*1-12-4-5-14-11-17(14)7-6-13(10-16(12,17)3)15(2)8-9-15;1-11(2)13-8-9-14-7-5-6-12(3)15(14,4)10-13/h2*12-14H,4-11H2,1-3H3;7,12-13H,1,5-6,8-10H2,2-4H3/t12-,13?,14?,16+,17?;12-,13?,14-,16+,17?;12-,13?,15+/m000/s1. The Bertz CT molecular complexity index is 1250. The summed E-state index contributed by atoms with van der Waals surface area (Å²) in [6.07, 6.45) is 34.1. The predicted octanol–water partition coefficient (Wildman–Crippen LogP) is 14.8. The molecule has 2 spiro atoms. The molecule has 10 aliphatic carbocycles. The van der Waals surface area contributed by atoms with Crippen molar-refractivity contribution in [1.82, 2.24) is 0 Å². The van der Waals surface area contributed by atoms with E-state index in [1.165, 1.54) is 76.2 Å². The van der Waals surface area contributed by atoms with Crippen molar-refractivity contribution in [2.75, 3.05) is 0 Å². The van der Waals surface area contributed by atoms with Gasteiger partial charge < -0.3 is 0 Å². The van der Waals surface area contributed by atoms with Crippen LogP contribution in [-0.4, -0.2) is 0 Å². The van der Waals surface area contributed by atoms with Gasteiger partial charge in [-0.15, -0.1) is 0 Å². The molecule has 0 aromatic carbocycles. The van der Waals surface area contributed by atoms with E-state index in [9.17, 15) is 0 Å². The van der Waals surface area contributed by atoms with Crippen LogP contribution in [0.15, 0.2) is 23.8 Å². The summed E-state index contributed by atoms with van der Waals surface area (Å²) < 4.78 is 0. The molecule has 9 saturated carbocycles. The Kier molecular flexibility index (Phi) is 8.51.